The SMILES string of the molecule is C#CC1CN(C(=O)OC(C)(C)C)CCN1c1nccc(-c2ccc(COC)cc2)n1. The van der Waals surface area contributed by atoms with Gasteiger partial charge in [-0.05, 0) is 32.4 Å². The molecule has 2 heterocycles. The number of amides is 1. The van der Waals surface area contributed by atoms with Gasteiger partial charge in [-0.1, -0.05) is 30.2 Å². The molecule has 0 saturated carbocycles. The Morgan fingerprint density at radius 1 is 1.23 bits per heavy atom. The molecular weight excluding hydrogens is 380 g/mol. The lowest BCUT2D eigenvalue weighted by atomic mass is 10.1. The molecular formula is C23H28N4O3. The molecule has 0 aliphatic carbocycles. The zero-order valence-electron chi connectivity index (χ0n) is 18.0. The van der Waals surface area contributed by atoms with E-state index in [1.165, 1.54) is 0 Å². The zero-order chi connectivity index (χ0) is 21.7. The fraction of sp³-hybridized carbons (Fsp3) is 0.435. The lowest BCUT2D eigenvalue weighted by molar-refractivity contribution is 0.0226. The van der Waals surface area contributed by atoms with Gasteiger partial charge in [-0.25, -0.2) is 14.8 Å². The minimum absolute atomic E-state index is 0.328. The van der Waals surface area contributed by atoms with Crippen LogP contribution < -0.4 is 4.90 Å². The van der Waals surface area contributed by atoms with Crippen LogP contribution in [-0.4, -0.2) is 59.3 Å². The maximum absolute atomic E-state index is 12.4. The van der Waals surface area contributed by atoms with E-state index in [0.29, 0.717) is 32.2 Å². The van der Waals surface area contributed by atoms with Crippen LogP contribution in [-0.2, 0) is 16.1 Å². The summed E-state index contributed by atoms with van der Waals surface area (Å²) in [5.41, 5.74) is 2.36. The lowest BCUT2D eigenvalue weighted by Gasteiger charge is -2.39. The molecule has 3 rings (SSSR count). The Morgan fingerprint density at radius 2 is 1.97 bits per heavy atom. The minimum Gasteiger partial charge on any atom is -0.444 e. The predicted molar refractivity (Wildman–Crippen MR) is 116 cm³/mol. The van der Waals surface area contributed by atoms with Gasteiger partial charge in [-0.15, -0.1) is 6.42 Å². The number of aromatic nitrogens is 2. The second-order valence-corrected chi connectivity index (χ2v) is 8.17. The van der Waals surface area contributed by atoms with E-state index in [2.05, 4.69) is 10.9 Å². The van der Waals surface area contributed by atoms with E-state index in [4.69, 9.17) is 20.9 Å². The van der Waals surface area contributed by atoms with Gasteiger partial charge in [0.1, 0.15) is 11.6 Å². The number of carbonyl (C=O) groups excluding carboxylic acids is 1. The predicted octanol–water partition coefficient (Wildman–Crippen LogP) is 3.35. The Balaban J connectivity index is 1.75. The fourth-order valence-corrected chi connectivity index (χ4v) is 3.24. The normalized spacial score (nSPS) is 16.8. The first kappa shape index (κ1) is 21.6. The number of hydrogen-bond donors (Lipinski definition) is 0. The van der Waals surface area contributed by atoms with Crippen molar-refractivity contribution in [1.29, 1.82) is 0 Å². The Hall–Kier alpha value is -3.11. The van der Waals surface area contributed by atoms with Gasteiger partial charge in [0.05, 0.1) is 18.8 Å². The quantitative estimate of drug-likeness (QED) is 0.723. The number of anilines is 1. The standard InChI is InChI=1S/C23H28N4O3/c1-6-19-15-26(22(28)30-23(2,3)4)13-14-27(19)21-24-12-11-20(25-21)18-9-7-17(8-10-18)16-29-5/h1,7-12,19H,13-16H2,2-5H3. The molecule has 1 atom stereocenters. The van der Waals surface area contributed by atoms with Crippen molar-refractivity contribution < 1.29 is 14.3 Å². The number of ether oxygens (including phenoxy) is 2. The van der Waals surface area contributed by atoms with Crippen LogP contribution in [0.1, 0.15) is 26.3 Å². The molecule has 158 valence electrons. The summed E-state index contributed by atoms with van der Waals surface area (Å²) in [5.74, 6) is 3.32. The topological polar surface area (TPSA) is 67.8 Å². The van der Waals surface area contributed by atoms with Crippen LogP contribution in [0.15, 0.2) is 36.5 Å². The Labute approximate surface area is 178 Å². The fourth-order valence-electron chi connectivity index (χ4n) is 3.24. The number of piperazine rings is 1. The molecule has 1 fully saturated rings. The molecule has 0 spiro atoms. The molecule has 1 amide bonds. The first-order chi connectivity index (χ1) is 14.3. The average Bonchev–Trinajstić information content (AvgIpc) is 2.73. The first-order valence-electron chi connectivity index (χ1n) is 9.92. The summed E-state index contributed by atoms with van der Waals surface area (Å²) in [6.07, 6.45) is 7.15. The molecule has 1 aromatic carbocycles. The van der Waals surface area contributed by atoms with Crippen molar-refractivity contribution in [2.24, 2.45) is 0 Å². The first-order valence-corrected chi connectivity index (χ1v) is 9.92. The van der Waals surface area contributed by atoms with Gasteiger partial charge in [0, 0.05) is 32.0 Å². The highest BCUT2D eigenvalue weighted by Gasteiger charge is 2.32. The number of methoxy groups -OCH3 is 1. The Morgan fingerprint density at radius 3 is 2.60 bits per heavy atom. The van der Waals surface area contributed by atoms with E-state index in [0.717, 1.165) is 16.8 Å². The van der Waals surface area contributed by atoms with E-state index in [-0.39, 0.29) is 12.1 Å². The number of terminal acetylenes is 1. The van der Waals surface area contributed by atoms with Gasteiger partial charge >= 0.3 is 6.09 Å². The van der Waals surface area contributed by atoms with Gasteiger partial charge < -0.3 is 19.3 Å². The monoisotopic (exact) mass is 408 g/mol. The largest absolute Gasteiger partial charge is 0.444 e. The molecule has 2 aromatic rings. The van der Waals surface area contributed by atoms with Crippen molar-refractivity contribution in [1.82, 2.24) is 14.9 Å². The highest BCUT2D eigenvalue weighted by molar-refractivity contribution is 5.69. The van der Waals surface area contributed by atoms with Gasteiger partial charge in [0.25, 0.3) is 0 Å². The van der Waals surface area contributed by atoms with Crippen molar-refractivity contribution in [2.45, 2.75) is 39.0 Å². The molecule has 30 heavy (non-hydrogen) atoms. The summed E-state index contributed by atoms with van der Waals surface area (Å²) < 4.78 is 10.6. The molecule has 1 saturated heterocycles. The van der Waals surface area contributed by atoms with Gasteiger partial charge in [-0.2, -0.15) is 0 Å². The van der Waals surface area contributed by atoms with Crippen LogP contribution in [0.4, 0.5) is 10.7 Å². The molecule has 1 unspecified atom stereocenters. The third kappa shape index (κ3) is 5.28. The second-order valence-electron chi connectivity index (χ2n) is 8.17. The van der Waals surface area contributed by atoms with Crippen molar-refractivity contribution in [3.63, 3.8) is 0 Å². The van der Waals surface area contributed by atoms with Crippen LogP contribution in [0.2, 0.25) is 0 Å². The van der Waals surface area contributed by atoms with Crippen molar-refractivity contribution in [3.8, 4) is 23.6 Å². The molecule has 1 aliphatic heterocycles. The third-order valence-corrected chi connectivity index (χ3v) is 4.68. The molecule has 1 aliphatic rings. The molecule has 0 bridgehead atoms. The van der Waals surface area contributed by atoms with E-state index in [9.17, 15) is 4.79 Å². The Kier molecular flexibility index (Phi) is 6.58. The second kappa shape index (κ2) is 9.14. The van der Waals surface area contributed by atoms with Crippen LogP contribution in [0.3, 0.4) is 0 Å². The highest BCUT2D eigenvalue weighted by atomic mass is 16.6. The van der Waals surface area contributed by atoms with Crippen molar-refractivity contribution in [3.05, 3.63) is 42.1 Å². The minimum atomic E-state index is -0.546. The van der Waals surface area contributed by atoms with E-state index >= 15 is 0 Å². The summed E-state index contributed by atoms with van der Waals surface area (Å²) in [7, 11) is 1.68. The summed E-state index contributed by atoms with van der Waals surface area (Å²) >= 11 is 0. The Bertz CT molecular complexity index is 915. The van der Waals surface area contributed by atoms with Gasteiger partial charge in [0.15, 0.2) is 0 Å². The molecule has 1 aromatic heterocycles. The molecule has 7 nitrogen and oxygen atoms in total. The smallest absolute Gasteiger partial charge is 0.410 e. The lowest BCUT2D eigenvalue weighted by Crippen LogP contribution is -2.55. The van der Waals surface area contributed by atoms with Crippen LogP contribution in [0, 0.1) is 12.3 Å². The summed E-state index contributed by atoms with van der Waals surface area (Å²) in [6, 6.07) is 9.61. The van der Waals surface area contributed by atoms with Gasteiger partial charge in [-0.3, -0.25) is 0 Å². The maximum Gasteiger partial charge on any atom is 0.410 e. The van der Waals surface area contributed by atoms with E-state index in [1.807, 2.05) is 56.0 Å². The number of benzene rings is 1. The van der Waals surface area contributed by atoms with Crippen LogP contribution in [0.5, 0.6) is 0 Å². The summed E-state index contributed by atoms with van der Waals surface area (Å²) in [5, 5.41) is 0. The van der Waals surface area contributed by atoms with E-state index in [1.54, 1.807) is 18.2 Å². The summed E-state index contributed by atoms with van der Waals surface area (Å²) in [6.45, 7) is 7.51. The van der Waals surface area contributed by atoms with E-state index < -0.39 is 5.60 Å². The third-order valence-electron chi connectivity index (χ3n) is 4.68. The number of carbonyl (C=O) groups is 1. The van der Waals surface area contributed by atoms with Crippen LogP contribution >= 0.6 is 0 Å². The molecule has 0 radical (unpaired) electrons. The highest BCUT2D eigenvalue weighted by Crippen LogP contribution is 2.23. The number of nitrogens with zero attached hydrogens (tertiary/aromatic N) is 4. The average molecular weight is 409 g/mol. The number of hydrogen-bond acceptors (Lipinski definition) is 6. The van der Waals surface area contributed by atoms with Crippen molar-refractivity contribution in [2.75, 3.05) is 31.6 Å². The number of rotatable bonds is 4. The zero-order valence-corrected chi connectivity index (χ0v) is 18.0. The molecule has 7 heteroatoms. The van der Waals surface area contributed by atoms with Crippen molar-refractivity contribution >= 4 is 12.0 Å². The van der Waals surface area contributed by atoms with Crippen LogP contribution in [0.25, 0.3) is 11.3 Å². The molecule has 0 N–H and O–H groups in total. The maximum atomic E-state index is 12.4. The summed E-state index contributed by atoms with van der Waals surface area (Å²) in [4.78, 5) is 25.2. The van der Waals surface area contributed by atoms with Gasteiger partial charge in [0.2, 0.25) is 5.95 Å².